The highest BCUT2D eigenvalue weighted by atomic mass is 15.4. The first-order chi connectivity index (χ1) is 5.29. The minimum atomic E-state index is 0.838. The predicted octanol–water partition coefficient (Wildman–Crippen LogP) is 0.672. The number of hydrogen-bond donors (Lipinski definition) is 0. The van der Waals surface area contributed by atoms with Crippen LogP contribution < -0.4 is 0 Å². The highest BCUT2D eigenvalue weighted by Crippen LogP contribution is 2.09. The van der Waals surface area contributed by atoms with Crippen LogP contribution in [0.3, 0.4) is 0 Å². The van der Waals surface area contributed by atoms with Crippen LogP contribution >= 0.6 is 0 Å². The van der Waals surface area contributed by atoms with Gasteiger partial charge in [0.2, 0.25) is 0 Å². The average Bonchev–Trinajstić information content (AvgIpc) is 2.35. The van der Waals surface area contributed by atoms with E-state index in [1.807, 2.05) is 20.0 Å². The molecule has 2 aromatic rings. The second kappa shape index (κ2) is 2.02. The molecule has 11 heavy (non-hydrogen) atoms. The summed E-state index contributed by atoms with van der Waals surface area (Å²) in [5.74, 6) is 0. The molecule has 4 heteroatoms. The number of rotatable bonds is 0. The lowest BCUT2D eigenvalue weighted by Gasteiger charge is -1.91. The summed E-state index contributed by atoms with van der Waals surface area (Å²) in [4.78, 5) is 4.14. The van der Waals surface area contributed by atoms with Gasteiger partial charge < -0.3 is 0 Å². The van der Waals surface area contributed by atoms with E-state index in [9.17, 15) is 0 Å². The summed E-state index contributed by atoms with van der Waals surface area (Å²) in [6.45, 7) is 2.00. The molecule has 0 amide bonds. The van der Waals surface area contributed by atoms with Crippen molar-refractivity contribution in [1.29, 1.82) is 0 Å². The van der Waals surface area contributed by atoms with Crippen LogP contribution in [-0.2, 0) is 7.05 Å². The Bertz CT molecular complexity index is 390. The zero-order valence-electron chi connectivity index (χ0n) is 6.44. The molecular formula is C7H8N4. The molecule has 0 N–H and O–H groups in total. The molecule has 4 nitrogen and oxygen atoms in total. The zero-order valence-corrected chi connectivity index (χ0v) is 6.44. The van der Waals surface area contributed by atoms with Crippen LogP contribution in [0.25, 0.3) is 11.2 Å². The third-order valence-electron chi connectivity index (χ3n) is 1.69. The molecular weight excluding hydrogens is 140 g/mol. The van der Waals surface area contributed by atoms with Gasteiger partial charge in [-0.15, -0.1) is 5.10 Å². The molecule has 0 atom stereocenters. The van der Waals surface area contributed by atoms with Gasteiger partial charge in [-0.25, -0.2) is 9.67 Å². The molecule has 0 saturated heterocycles. The molecule has 0 unspecified atom stereocenters. The quantitative estimate of drug-likeness (QED) is 0.551. The van der Waals surface area contributed by atoms with Crippen molar-refractivity contribution in [2.45, 2.75) is 6.92 Å². The van der Waals surface area contributed by atoms with Crippen LogP contribution in [-0.4, -0.2) is 20.0 Å². The molecule has 0 spiro atoms. The first-order valence-corrected chi connectivity index (χ1v) is 3.40. The van der Waals surface area contributed by atoms with Gasteiger partial charge in [-0.1, -0.05) is 5.21 Å². The van der Waals surface area contributed by atoms with Crippen molar-refractivity contribution in [3.05, 3.63) is 17.8 Å². The van der Waals surface area contributed by atoms with Crippen molar-refractivity contribution in [2.75, 3.05) is 0 Å². The first kappa shape index (κ1) is 6.27. The van der Waals surface area contributed by atoms with Gasteiger partial charge in [0.1, 0.15) is 5.52 Å². The van der Waals surface area contributed by atoms with Crippen molar-refractivity contribution in [3.63, 3.8) is 0 Å². The Morgan fingerprint density at radius 3 is 3.00 bits per heavy atom. The summed E-state index contributed by atoms with van der Waals surface area (Å²) in [5, 5.41) is 7.83. The SMILES string of the molecule is Cc1ccnc2c1nnn2C. The standard InChI is InChI=1S/C7H8N4/c1-5-3-4-8-7-6(5)9-10-11(7)2/h3-4H,1-2H3. The fraction of sp³-hybridized carbons (Fsp3) is 0.286. The van der Waals surface area contributed by atoms with Crippen LogP contribution in [0, 0.1) is 6.92 Å². The Balaban J connectivity index is 2.94. The third-order valence-corrected chi connectivity index (χ3v) is 1.69. The molecule has 0 aromatic carbocycles. The van der Waals surface area contributed by atoms with Crippen molar-refractivity contribution in [2.24, 2.45) is 7.05 Å². The van der Waals surface area contributed by atoms with E-state index < -0.39 is 0 Å². The molecule has 0 bridgehead atoms. The van der Waals surface area contributed by atoms with E-state index in [0.29, 0.717) is 0 Å². The minimum absolute atomic E-state index is 0.838. The van der Waals surface area contributed by atoms with Crippen molar-refractivity contribution >= 4 is 11.2 Å². The number of hydrogen-bond acceptors (Lipinski definition) is 3. The highest BCUT2D eigenvalue weighted by Gasteiger charge is 2.02. The van der Waals surface area contributed by atoms with E-state index in [4.69, 9.17) is 0 Å². The summed E-state index contributed by atoms with van der Waals surface area (Å²) >= 11 is 0. The Morgan fingerprint density at radius 1 is 1.45 bits per heavy atom. The van der Waals surface area contributed by atoms with Crippen LogP contribution in [0.4, 0.5) is 0 Å². The molecule has 2 heterocycles. The fourth-order valence-electron chi connectivity index (χ4n) is 1.05. The smallest absolute Gasteiger partial charge is 0.178 e. The van der Waals surface area contributed by atoms with Gasteiger partial charge >= 0.3 is 0 Å². The maximum absolute atomic E-state index is 4.14. The molecule has 56 valence electrons. The Labute approximate surface area is 63.9 Å². The number of pyridine rings is 1. The molecule has 0 aliphatic heterocycles. The lowest BCUT2D eigenvalue weighted by molar-refractivity contribution is 0.730. The molecule has 0 aliphatic carbocycles. The lowest BCUT2D eigenvalue weighted by atomic mass is 10.3. The Kier molecular flexibility index (Phi) is 1.15. The van der Waals surface area contributed by atoms with Crippen LogP contribution in [0.2, 0.25) is 0 Å². The normalized spacial score (nSPS) is 10.7. The molecule has 0 radical (unpaired) electrons. The number of aryl methyl sites for hydroxylation is 2. The Hall–Kier alpha value is -1.45. The van der Waals surface area contributed by atoms with Crippen molar-refractivity contribution in [3.8, 4) is 0 Å². The van der Waals surface area contributed by atoms with Crippen LogP contribution in [0.1, 0.15) is 5.56 Å². The second-order valence-corrected chi connectivity index (χ2v) is 2.51. The number of nitrogens with zero attached hydrogens (tertiary/aromatic N) is 4. The summed E-state index contributed by atoms with van der Waals surface area (Å²) in [6.07, 6.45) is 1.76. The van der Waals surface area contributed by atoms with Crippen molar-refractivity contribution in [1.82, 2.24) is 20.0 Å². The monoisotopic (exact) mass is 148 g/mol. The first-order valence-electron chi connectivity index (χ1n) is 3.40. The topological polar surface area (TPSA) is 43.6 Å². The number of fused-ring (bicyclic) bond motifs is 1. The van der Waals surface area contributed by atoms with Crippen LogP contribution in [0.5, 0.6) is 0 Å². The van der Waals surface area contributed by atoms with Crippen LogP contribution in [0.15, 0.2) is 12.3 Å². The van der Waals surface area contributed by atoms with E-state index in [1.54, 1.807) is 10.9 Å². The maximum Gasteiger partial charge on any atom is 0.178 e. The van der Waals surface area contributed by atoms with E-state index >= 15 is 0 Å². The van der Waals surface area contributed by atoms with Gasteiger partial charge in [0.05, 0.1) is 0 Å². The van der Waals surface area contributed by atoms with E-state index in [1.165, 1.54) is 0 Å². The van der Waals surface area contributed by atoms with Gasteiger partial charge in [0.15, 0.2) is 5.65 Å². The lowest BCUT2D eigenvalue weighted by Crippen LogP contribution is -1.91. The zero-order chi connectivity index (χ0) is 7.84. The van der Waals surface area contributed by atoms with E-state index in [0.717, 1.165) is 16.7 Å². The van der Waals surface area contributed by atoms with Gasteiger partial charge in [0.25, 0.3) is 0 Å². The largest absolute Gasteiger partial charge is 0.235 e. The second-order valence-electron chi connectivity index (χ2n) is 2.51. The maximum atomic E-state index is 4.14. The third kappa shape index (κ3) is 0.790. The van der Waals surface area contributed by atoms with Crippen molar-refractivity contribution < 1.29 is 0 Å². The molecule has 0 saturated carbocycles. The Morgan fingerprint density at radius 2 is 2.27 bits per heavy atom. The molecule has 0 fully saturated rings. The summed E-state index contributed by atoms with van der Waals surface area (Å²) in [5.41, 5.74) is 2.84. The highest BCUT2D eigenvalue weighted by molar-refractivity contribution is 5.72. The molecule has 2 aromatic heterocycles. The van der Waals surface area contributed by atoms with E-state index in [2.05, 4.69) is 15.3 Å². The number of aromatic nitrogens is 4. The van der Waals surface area contributed by atoms with E-state index in [-0.39, 0.29) is 0 Å². The molecule has 2 rings (SSSR count). The van der Waals surface area contributed by atoms with Gasteiger partial charge in [-0.05, 0) is 18.6 Å². The minimum Gasteiger partial charge on any atom is -0.235 e. The summed E-state index contributed by atoms with van der Waals surface area (Å²) < 4.78 is 1.67. The predicted molar refractivity (Wildman–Crippen MR) is 41.0 cm³/mol. The fourth-order valence-corrected chi connectivity index (χ4v) is 1.05. The summed E-state index contributed by atoms with van der Waals surface area (Å²) in [7, 11) is 1.84. The van der Waals surface area contributed by atoms with Gasteiger partial charge in [-0.3, -0.25) is 0 Å². The van der Waals surface area contributed by atoms with Gasteiger partial charge in [0, 0.05) is 13.2 Å². The average molecular weight is 148 g/mol. The summed E-state index contributed by atoms with van der Waals surface area (Å²) in [6, 6.07) is 1.93. The van der Waals surface area contributed by atoms with Gasteiger partial charge in [-0.2, -0.15) is 0 Å². The molecule has 0 aliphatic rings.